The Morgan fingerprint density at radius 3 is 1.36 bits per heavy atom. The summed E-state index contributed by atoms with van der Waals surface area (Å²) in [5, 5.41) is 14.1. The molecule has 69 heavy (non-hydrogen) atoms. The zero-order valence-corrected chi connectivity index (χ0v) is 40.7. The number of rotatable bonds is 15. The van der Waals surface area contributed by atoms with E-state index in [0.717, 1.165) is 0 Å². The molecule has 15 nitrogen and oxygen atoms in total. The first-order chi connectivity index (χ1) is 32.3. The number of pyridine rings is 2. The monoisotopic (exact) mass is 986 g/mol. The lowest BCUT2D eigenvalue weighted by molar-refractivity contribution is -0.136. The fourth-order valence-electron chi connectivity index (χ4n) is 6.94. The minimum atomic E-state index is -4.17. The van der Waals surface area contributed by atoms with Crippen molar-refractivity contribution in [2.24, 2.45) is 5.14 Å². The first-order valence-electron chi connectivity index (χ1n) is 21.0. The summed E-state index contributed by atoms with van der Waals surface area (Å²) in [6, 6.07) is 22.9. The van der Waals surface area contributed by atoms with E-state index in [0.29, 0.717) is 67.4 Å². The molecular formula is C50H52F2N4O11S2. The Hall–Kier alpha value is -7.22. The van der Waals surface area contributed by atoms with Crippen molar-refractivity contribution in [2.75, 3.05) is 14.2 Å². The zero-order chi connectivity index (χ0) is 51.4. The number of halogens is 2. The number of nitrogens with one attached hydrogen (secondary N) is 1. The highest BCUT2D eigenvalue weighted by Gasteiger charge is 2.23. The second kappa shape index (κ2) is 23.7. The van der Waals surface area contributed by atoms with Crippen LogP contribution in [0.2, 0.25) is 0 Å². The van der Waals surface area contributed by atoms with E-state index in [4.69, 9.17) is 14.6 Å². The van der Waals surface area contributed by atoms with Gasteiger partial charge in [-0.2, -0.15) is 0 Å². The number of aromatic nitrogens is 2. The smallest absolute Gasteiger partial charge is 0.307 e. The summed E-state index contributed by atoms with van der Waals surface area (Å²) in [5.74, 6) is -2.28. The van der Waals surface area contributed by atoms with Crippen molar-refractivity contribution in [3.05, 3.63) is 154 Å². The first-order valence-corrected chi connectivity index (χ1v) is 24.1. The highest BCUT2D eigenvalue weighted by molar-refractivity contribution is 7.90. The van der Waals surface area contributed by atoms with Crippen LogP contribution in [0.15, 0.2) is 119 Å². The number of carbonyl (C=O) groups excluding carboxylic acids is 3. The summed E-state index contributed by atoms with van der Waals surface area (Å²) >= 11 is 0. The molecule has 0 bridgehead atoms. The average molecular weight is 987 g/mol. The molecule has 0 saturated heterocycles. The van der Waals surface area contributed by atoms with Crippen LogP contribution in [-0.2, 0) is 42.5 Å². The third-order valence-corrected chi connectivity index (χ3v) is 12.6. The van der Waals surface area contributed by atoms with Crippen molar-refractivity contribution in [1.29, 1.82) is 0 Å². The lowest BCUT2D eigenvalue weighted by atomic mass is 9.88. The van der Waals surface area contributed by atoms with E-state index >= 15 is 0 Å². The van der Waals surface area contributed by atoms with E-state index in [1.807, 2.05) is 27.7 Å². The number of carbonyl (C=O) groups is 4. The van der Waals surface area contributed by atoms with E-state index in [1.165, 1.54) is 107 Å². The zero-order valence-electron chi connectivity index (χ0n) is 39.0. The van der Waals surface area contributed by atoms with Crippen LogP contribution in [0.25, 0.3) is 22.3 Å². The molecule has 0 saturated carbocycles. The van der Waals surface area contributed by atoms with Crippen LogP contribution in [-0.4, -0.2) is 69.6 Å². The Morgan fingerprint density at radius 1 is 0.623 bits per heavy atom. The summed E-state index contributed by atoms with van der Waals surface area (Å²) in [6.45, 7) is 10.3. The normalized spacial score (nSPS) is 11.1. The van der Waals surface area contributed by atoms with Crippen LogP contribution in [0.3, 0.4) is 0 Å². The third kappa shape index (κ3) is 15.1. The Bertz CT molecular complexity index is 3070. The molecule has 1 amide bonds. The minimum absolute atomic E-state index is 0.0116. The van der Waals surface area contributed by atoms with Gasteiger partial charge < -0.3 is 14.6 Å². The quantitative estimate of drug-likeness (QED) is 0.0820. The number of hydrogen-bond donors (Lipinski definition) is 3. The Morgan fingerprint density at radius 2 is 1.01 bits per heavy atom. The molecule has 0 fully saturated rings. The summed E-state index contributed by atoms with van der Waals surface area (Å²) in [5.41, 5.74) is 5.51. The van der Waals surface area contributed by atoms with E-state index in [2.05, 4.69) is 14.7 Å². The molecule has 19 heteroatoms. The Balaban J connectivity index is 0.000000252. The molecule has 0 unspecified atom stereocenters. The fraction of sp³-hybridized carbons (Fsp3) is 0.240. The number of ether oxygens (including phenoxy) is 2. The van der Waals surface area contributed by atoms with Crippen molar-refractivity contribution >= 4 is 43.5 Å². The predicted octanol–water partition coefficient (Wildman–Crippen LogP) is 8.45. The van der Waals surface area contributed by atoms with Gasteiger partial charge >= 0.3 is 5.97 Å². The minimum Gasteiger partial charge on any atom is -0.481 e. The van der Waals surface area contributed by atoms with E-state index < -0.39 is 37.7 Å². The number of sulfonamides is 2. The highest BCUT2D eigenvalue weighted by Crippen LogP contribution is 2.35. The van der Waals surface area contributed by atoms with Gasteiger partial charge in [0.05, 0.1) is 36.9 Å². The summed E-state index contributed by atoms with van der Waals surface area (Å²) in [6.07, 6.45) is 2.61. The van der Waals surface area contributed by atoms with Gasteiger partial charge in [0.1, 0.15) is 11.6 Å². The topological polar surface area (TPSA) is 239 Å². The van der Waals surface area contributed by atoms with Gasteiger partial charge in [0.15, 0.2) is 11.6 Å². The van der Waals surface area contributed by atoms with Crippen LogP contribution in [0.4, 0.5) is 8.78 Å². The van der Waals surface area contributed by atoms with Gasteiger partial charge in [0, 0.05) is 35.7 Å². The number of ketones is 2. The molecule has 4 N–H and O–H groups in total. The standard InChI is InChI=1S/C25H25FN2O5S.C17H18FNO3.C8H9NO3S/c1-15(2)21-12-19(26)13-22(18-9-10-27-25(11-18)33-4)23(21)14-24(30)28-34(31,32)20-7-5-17(6-8-20)16(3)29;1-10(2)13-7-12(18)8-14(15(13)9-17(20)21)11-4-5-19-16(6-11)22-3;1-6(10)7-2-4-8(5-3-7)13(9,11)12/h5-13,15H,14H2,1-4H3,(H,28,30);4-8,10H,9H2,1-3H3,(H,20,21);2-5H,1H3,(H2,9,11,12). The maximum Gasteiger partial charge on any atom is 0.307 e. The number of carboxylic acid groups (broad SMARTS) is 1. The van der Waals surface area contributed by atoms with Gasteiger partial charge in [-0.3, -0.25) is 19.2 Å². The van der Waals surface area contributed by atoms with Crippen LogP contribution < -0.4 is 19.3 Å². The largest absolute Gasteiger partial charge is 0.481 e. The van der Waals surface area contributed by atoms with Gasteiger partial charge in [0.2, 0.25) is 27.7 Å². The molecule has 0 aliphatic carbocycles. The number of benzene rings is 4. The second-order valence-electron chi connectivity index (χ2n) is 16.0. The number of aliphatic carboxylic acids is 1. The van der Waals surface area contributed by atoms with Gasteiger partial charge in [-0.25, -0.2) is 45.4 Å². The van der Waals surface area contributed by atoms with Gasteiger partial charge in [0.25, 0.3) is 10.0 Å². The number of primary sulfonamides is 1. The third-order valence-electron chi connectivity index (χ3n) is 10.3. The lowest BCUT2D eigenvalue weighted by Crippen LogP contribution is -2.32. The van der Waals surface area contributed by atoms with E-state index in [-0.39, 0.29) is 51.9 Å². The number of nitrogens with zero attached hydrogens (tertiary/aromatic N) is 2. The van der Waals surface area contributed by atoms with Crippen molar-refractivity contribution < 1.29 is 59.4 Å². The predicted molar refractivity (Wildman–Crippen MR) is 255 cm³/mol. The number of amides is 1. The molecule has 0 spiro atoms. The molecule has 0 aliphatic heterocycles. The molecule has 6 rings (SSSR count). The first kappa shape index (κ1) is 54.4. The number of hydrogen-bond acceptors (Lipinski definition) is 12. The molecule has 0 aliphatic rings. The maximum atomic E-state index is 14.5. The number of Topliss-reactive ketones (excluding diaryl/α,β-unsaturated/α-hetero) is 2. The van der Waals surface area contributed by atoms with Crippen LogP contribution in [0.5, 0.6) is 11.8 Å². The molecule has 4 aromatic carbocycles. The fourth-order valence-corrected chi connectivity index (χ4v) is 8.44. The Kier molecular flexibility index (Phi) is 18.7. The van der Waals surface area contributed by atoms with Gasteiger partial charge in [-0.05, 0) is 131 Å². The van der Waals surface area contributed by atoms with E-state index in [1.54, 1.807) is 30.5 Å². The molecule has 0 atom stereocenters. The SMILES string of the molecule is CC(=O)c1ccc(S(N)(=O)=O)cc1.COc1cc(-c2cc(F)cc(C(C)C)c2CC(=O)NS(=O)(=O)c2ccc(C(C)=O)cc2)ccn1.COc1cc(-c2cc(F)cc(C(C)C)c2CC(=O)O)ccn1. The summed E-state index contributed by atoms with van der Waals surface area (Å²) in [7, 11) is -4.87. The van der Waals surface area contributed by atoms with Gasteiger partial charge in [-0.15, -0.1) is 0 Å². The number of carboxylic acids is 1. The summed E-state index contributed by atoms with van der Waals surface area (Å²) < 4.78 is 87.8. The van der Waals surface area contributed by atoms with Crippen LogP contribution in [0.1, 0.15) is 96.3 Å². The molecular weight excluding hydrogens is 935 g/mol. The summed E-state index contributed by atoms with van der Waals surface area (Å²) in [4.78, 5) is 54.3. The molecule has 364 valence electrons. The van der Waals surface area contributed by atoms with Crippen LogP contribution in [0, 0.1) is 11.6 Å². The molecule has 2 aromatic heterocycles. The number of methoxy groups -OCH3 is 2. The lowest BCUT2D eigenvalue weighted by Gasteiger charge is -2.18. The average Bonchev–Trinajstić information content (AvgIpc) is 3.29. The Labute approximate surface area is 399 Å². The molecule has 6 aromatic rings. The molecule has 0 radical (unpaired) electrons. The van der Waals surface area contributed by atoms with E-state index in [9.17, 15) is 49.9 Å². The van der Waals surface area contributed by atoms with Crippen LogP contribution >= 0.6 is 0 Å². The molecule has 2 heterocycles. The van der Waals surface area contributed by atoms with Crippen molar-refractivity contribution in [3.63, 3.8) is 0 Å². The second-order valence-corrected chi connectivity index (χ2v) is 19.3. The number of nitrogens with two attached hydrogens (primary N) is 1. The maximum absolute atomic E-state index is 14.5. The highest BCUT2D eigenvalue weighted by atomic mass is 32.2. The van der Waals surface area contributed by atoms with Crippen molar-refractivity contribution in [1.82, 2.24) is 14.7 Å². The van der Waals surface area contributed by atoms with Crippen molar-refractivity contribution in [2.45, 2.75) is 76.0 Å². The van der Waals surface area contributed by atoms with Crippen molar-refractivity contribution in [3.8, 4) is 34.0 Å². The van der Waals surface area contributed by atoms with Gasteiger partial charge in [-0.1, -0.05) is 52.0 Å².